The highest BCUT2D eigenvalue weighted by Gasteiger charge is 2.34. The number of rotatable bonds is 19. The fourth-order valence-electron chi connectivity index (χ4n) is 3.77. The molecule has 1 heterocycles. The molecule has 1 saturated heterocycles. The molecule has 4 unspecified atom stereocenters. The van der Waals surface area contributed by atoms with Crippen LogP contribution < -0.4 is 0 Å². The largest absolute Gasteiger partial charge is 0.394 e. The van der Waals surface area contributed by atoms with Gasteiger partial charge in [0, 0.05) is 6.61 Å². The highest BCUT2D eigenvalue weighted by Crippen LogP contribution is 2.18. The summed E-state index contributed by atoms with van der Waals surface area (Å²) >= 11 is 0. The Morgan fingerprint density at radius 3 is 2.14 bits per heavy atom. The highest BCUT2D eigenvalue weighted by atomic mass is 16.5. The molecule has 5 heteroatoms. The summed E-state index contributed by atoms with van der Waals surface area (Å²) in [7, 11) is 0. The van der Waals surface area contributed by atoms with Crippen LogP contribution >= 0.6 is 0 Å². The molecule has 0 aromatic rings. The van der Waals surface area contributed by atoms with Crippen LogP contribution in [0.4, 0.5) is 0 Å². The van der Waals surface area contributed by atoms with E-state index >= 15 is 0 Å². The summed E-state index contributed by atoms with van der Waals surface area (Å²) in [6.07, 6.45) is 19.2. The van der Waals surface area contributed by atoms with Gasteiger partial charge in [-0.25, -0.2) is 0 Å². The Kier molecular flexibility index (Phi) is 16.8. The molecule has 0 amide bonds. The van der Waals surface area contributed by atoms with Crippen molar-refractivity contribution >= 4 is 0 Å². The van der Waals surface area contributed by atoms with E-state index in [-0.39, 0.29) is 25.4 Å². The normalized spacial score (nSPS) is 23.2. The van der Waals surface area contributed by atoms with Gasteiger partial charge in [-0.05, 0) is 38.5 Å². The van der Waals surface area contributed by atoms with E-state index in [1.807, 2.05) is 0 Å². The fourth-order valence-corrected chi connectivity index (χ4v) is 3.77. The molecule has 0 aromatic carbocycles. The van der Waals surface area contributed by atoms with Gasteiger partial charge in [-0.3, -0.25) is 0 Å². The zero-order valence-electron chi connectivity index (χ0n) is 18.6. The molecule has 3 N–H and O–H groups in total. The zero-order chi connectivity index (χ0) is 21.2. The topological polar surface area (TPSA) is 79.2 Å². The van der Waals surface area contributed by atoms with E-state index in [1.54, 1.807) is 0 Å². The summed E-state index contributed by atoms with van der Waals surface area (Å²) in [6.45, 7) is 2.90. The first-order valence-electron chi connectivity index (χ1n) is 12.0. The van der Waals surface area contributed by atoms with Crippen LogP contribution in [-0.2, 0) is 9.47 Å². The lowest BCUT2D eigenvalue weighted by atomic mass is 10.1. The van der Waals surface area contributed by atoms with E-state index in [0.717, 1.165) is 12.8 Å². The Morgan fingerprint density at radius 2 is 1.55 bits per heavy atom. The molecule has 0 radical (unpaired) electrons. The van der Waals surface area contributed by atoms with Gasteiger partial charge in [-0.2, -0.15) is 0 Å². The SMILES string of the molecule is CCCCCCCCC=CCCCCCCC(CO)OCCC1OCC(O)C1O. The standard InChI is InChI=1S/C24H46O5/c1-2-3-4-5-6-7-8-9-10-11-12-13-14-15-16-21(19-25)28-18-17-23-24(27)22(26)20-29-23/h9-10,21-27H,2-8,11-20H2,1H3. The van der Waals surface area contributed by atoms with Crippen LogP contribution in [0.25, 0.3) is 0 Å². The van der Waals surface area contributed by atoms with Crippen molar-refractivity contribution in [3.05, 3.63) is 12.2 Å². The van der Waals surface area contributed by atoms with Gasteiger partial charge < -0.3 is 24.8 Å². The van der Waals surface area contributed by atoms with E-state index in [4.69, 9.17) is 9.47 Å². The third-order valence-electron chi connectivity index (χ3n) is 5.75. The summed E-state index contributed by atoms with van der Waals surface area (Å²) in [4.78, 5) is 0. The third-order valence-corrected chi connectivity index (χ3v) is 5.75. The maximum atomic E-state index is 9.74. The van der Waals surface area contributed by atoms with Crippen molar-refractivity contribution in [1.29, 1.82) is 0 Å². The molecule has 172 valence electrons. The number of unbranched alkanes of at least 4 members (excludes halogenated alkanes) is 10. The molecule has 0 aliphatic carbocycles. The number of allylic oxidation sites excluding steroid dienone is 2. The van der Waals surface area contributed by atoms with Gasteiger partial charge in [0.1, 0.15) is 12.2 Å². The van der Waals surface area contributed by atoms with Gasteiger partial charge in [-0.15, -0.1) is 0 Å². The van der Waals surface area contributed by atoms with Crippen LogP contribution in [-0.4, -0.2) is 59.6 Å². The fraction of sp³-hybridized carbons (Fsp3) is 0.917. The summed E-state index contributed by atoms with van der Waals surface area (Å²) in [5.74, 6) is 0. The number of hydrogen-bond acceptors (Lipinski definition) is 5. The molecule has 0 saturated carbocycles. The molecule has 0 aromatic heterocycles. The second-order valence-corrected chi connectivity index (χ2v) is 8.41. The van der Waals surface area contributed by atoms with Gasteiger partial charge in [0.15, 0.2) is 0 Å². The van der Waals surface area contributed by atoms with Crippen molar-refractivity contribution in [3.63, 3.8) is 0 Å². The predicted molar refractivity (Wildman–Crippen MR) is 118 cm³/mol. The van der Waals surface area contributed by atoms with Crippen LogP contribution in [0, 0.1) is 0 Å². The molecule has 0 bridgehead atoms. The van der Waals surface area contributed by atoms with Crippen molar-refractivity contribution in [2.24, 2.45) is 0 Å². The van der Waals surface area contributed by atoms with Crippen LogP contribution in [0.5, 0.6) is 0 Å². The maximum absolute atomic E-state index is 9.74. The van der Waals surface area contributed by atoms with Crippen molar-refractivity contribution in [3.8, 4) is 0 Å². The van der Waals surface area contributed by atoms with Crippen molar-refractivity contribution in [2.75, 3.05) is 19.8 Å². The van der Waals surface area contributed by atoms with Crippen molar-refractivity contribution < 1.29 is 24.8 Å². The monoisotopic (exact) mass is 414 g/mol. The van der Waals surface area contributed by atoms with E-state index in [9.17, 15) is 15.3 Å². The van der Waals surface area contributed by atoms with Gasteiger partial charge in [0.2, 0.25) is 0 Å². The average Bonchev–Trinajstić information content (AvgIpc) is 3.04. The summed E-state index contributed by atoms with van der Waals surface area (Å²) in [6, 6.07) is 0. The molecule has 29 heavy (non-hydrogen) atoms. The van der Waals surface area contributed by atoms with Crippen LogP contribution in [0.2, 0.25) is 0 Å². The minimum Gasteiger partial charge on any atom is -0.394 e. The van der Waals surface area contributed by atoms with Crippen molar-refractivity contribution in [2.45, 2.75) is 121 Å². The van der Waals surface area contributed by atoms with E-state index in [0.29, 0.717) is 13.0 Å². The number of ether oxygens (including phenoxy) is 2. The molecule has 0 spiro atoms. The molecule has 1 aliphatic heterocycles. The minimum absolute atomic E-state index is 0.0257. The van der Waals surface area contributed by atoms with Gasteiger partial charge in [-0.1, -0.05) is 70.4 Å². The minimum atomic E-state index is -0.828. The van der Waals surface area contributed by atoms with Gasteiger partial charge >= 0.3 is 0 Å². The Labute approximate surface area is 178 Å². The smallest absolute Gasteiger partial charge is 0.108 e. The second-order valence-electron chi connectivity index (χ2n) is 8.41. The second kappa shape index (κ2) is 18.3. The first kappa shape index (κ1) is 26.6. The number of aliphatic hydroxyl groups is 3. The molecule has 5 nitrogen and oxygen atoms in total. The van der Waals surface area contributed by atoms with Crippen LogP contribution in [0.1, 0.15) is 96.8 Å². The lowest BCUT2D eigenvalue weighted by molar-refractivity contribution is -0.0298. The molecular formula is C24H46O5. The van der Waals surface area contributed by atoms with Crippen LogP contribution in [0.3, 0.4) is 0 Å². The predicted octanol–water partition coefficient (Wildman–Crippen LogP) is 4.52. The maximum Gasteiger partial charge on any atom is 0.108 e. The van der Waals surface area contributed by atoms with E-state index in [2.05, 4.69) is 19.1 Å². The summed E-state index contributed by atoms with van der Waals surface area (Å²) in [5, 5.41) is 28.7. The van der Waals surface area contributed by atoms with E-state index in [1.165, 1.54) is 70.6 Å². The number of aliphatic hydroxyl groups excluding tert-OH is 3. The lowest BCUT2D eigenvalue weighted by Crippen LogP contribution is -2.31. The quantitative estimate of drug-likeness (QED) is 0.214. The van der Waals surface area contributed by atoms with Gasteiger partial charge in [0.25, 0.3) is 0 Å². The van der Waals surface area contributed by atoms with Crippen molar-refractivity contribution in [1.82, 2.24) is 0 Å². The Hall–Kier alpha value is -0.460. The summed E-state index contributed by atoms with van der Waals surface area (Å²) < 4.78 is 11.0. The first-order chi connectivity index (χ1) is 14.2. The Balaban J connectivity index is 1.89. The number of hydrogen-bond donors (Lipinski definition) is 3. The van der Waals surface area contributed by atoms with Crippen LogP contribution in [0.15, 0.2) is 12.2 Å². The Bertz CT molecular complexity index is 387. The van der Waals surface area contributed by atoms with Gasteiger partial charge in [0.05, 0.1) is 25.4 Å². The van der Waals surface area contributed by atoms with E-state index < -0.39 is 12.2 Å². The molecule has 4 atom stereocenters. The molecule has 1 aliphatic rings. The molecule has 1 rings (SSSR count). The molecular weight excluding hydrogens is 368 g/mol. The Morgan fingerprint density at radius 1 is 0.931 bits per heavy atom. The lowest BCUT2D eigenvalue weighted by Gasteiger charge is -2.18. The highest BCUT2D eigenvalue weighted by molar-refractivity contribution is 4.83. The summed E-state index contributed by atoms with van der Waals surface area (Å²) in [5.41, 5.74) is 0. The third kappa shape index (κ3) is 13.5. The first-order valence-corrected chi connectivity index (χ1v) is 12.0. The molecule has 1 fully saturated rings. The average molecular weight is 415 g/mol. The zero-order valence-corrected chi connectivity index (χ0v) is 18.6.